The highest BCUT2D eigenvalue weighted by Crippen LogP contribution is 2.30. The Balaban J connectivity index is 1.24. The normalized spacial score (nSPS) is 17.6. The highest BCUT2D eigenvalue weighted by molar-refractivity contribution is 6.00. The van der Waals surface area contributed by atoms with Gasteiger partial charge in [0.15, 0.2) is 5.82 Å². The molecule has 4 heterocycles. The Hall–Kier alpha value is -3.76. The fraction of sp³-hybridized carbons (Fsp3) is 0.391. The zero-order chi connectivity index (χ0) is 23.8. The SMILES string of the molecule is Cc1nc(NCc2cnn(CC3CCCN3c3cc(F)cc(F)c3)c2)nc2c1NC(=O)CN2C. The molecule has 0 aliphatic carbocycles. The lowest BCUT2D eigenvalue weighted by molar-refractivity contribution is -0.115. The maximum atomic E-state index is 13.7. The average Bonchev–Trinajstić information content (AvgIpc) is 3.42. The molecule has 1 amide bonds. The Morgan fingerprint density at radius 3 is 2.79 bits per heavy atom. The molecule has 2 N–H and O–H groups in total. The molecule has 34 heavy (non-hydrogen) atoms. The van der Waals surface area contributed by atoms with Crippen LogP contribution in [0.3, 0.4) is 0 Å². The molecule has 1 aromatic carbocycles. The van der Waals surface area contributed by atoms with Crippen LogP contribution in [0.4, 0.5) is 31.9 Å². The fourth-order valence-electron chi connectivity index (χ4n) is 4.59. The number of aromatic nitrogens is 4. The van der Waals surface area contributed by atoms with Crippen molar-refractivity contribution in [2.45, 2.75) is 38.9 Å². The molecule has 2 aromatic heterocycles. The van der Waals surface area contributed by atoms with Gasteiger partial charge in [-0.15, -0.1) is 0 Å². The number of carbonyl (C=O) groups excluding carboxylic acids is 1. The van der Waals surface area contributed by atoms with Crippen molar-refractivity contribution in [3.05, 3.63) is 53.5 Å². The van der Waals surface area contributed by atoms with Crippen LogP contribution < -0.4 is 20.4 Å². The van der Waals surface area contributed by atoms with Crippen LogP contribution in [0, 0.1) is 18.6 Å². The van der Waals surface area contributed by atoms with Gasteiger partial charge in [0.05, 0.1) is 25.0 Å². The smallest absolute Gasteiger partial charge is 0.244 e. The van der Waals surface area contributed by atoms with Crippen molar-refractivity contribution in [2.24, 2.45) is 0 Å². The average molecular weight is 469 g/mol. The number of nitrogens with zero attached hydrogens (tertiary/aromatic N) is 6. The van der Waals surface area contributed by atoms with Gasteiger partial charge in [0, 0.05) is 49.7 Å². The second-order valence-electron chi connectivity index (χ2n) is 8.78. The largest absolute Gasteiger partial charge is 0.367 e. The number of carbonyl (C=O) groups is 1. The first-order valence-electron chi connectivity index (χ1n) is 11.2. The predicted octanol–water partition coefficient (Wildman–Crippen LogP) is 2.93. The molecular formula is C23H26F2N8O. The highest BCUT2D eigenvalue weighted by atomic mass is 19.1. The topological polar surface area (TPSA) is 91.2 Å². The van der Waals surface area contributed by atoms with Crippen molar-refractivity contribution < 1.29 is 13.6 Å². The number of aryl methyl sites for hydroxylation is 1. The van der Waals surface area contributed by atoms with Gasteiger partial charge in [-0.25, -0.2) is 13.8 Å². The van der Waals surface area contributed by atoms with E-state index in [4.69, 9.17) is 0 Å². The van der Waals surface area contributed by atoms with Gasteiger partial charge >= 0.3 is 0 Å². The molecule has 1 unspecified atom stereocenters. The fourth-order valence-corrected chi connectivity index (χ4v) is 4.59. The summed E-state index contributed by atoms with van der Waals surface area (Å²) in [4.78, 5) is 24.6. The van der Waals surface area contributed by atoms with Gasteiger partial charge in [0.25, 0.3) is 0 Å². The third-order valence-electron chi connectivity index (χ3n) is 6.17. The van der Waals surface area contributed by atoms with Crippen molar-refractivity contribution in [3.8, 4) is 0 Å². The molecule has 1 atom stereocenters. The van der Waals surface area contributed by atoms with Gasteiger partial charge < -0.3 is 20.4 Å². The monoisotopic (exact) mass is 468 g/mol. The number of halogens is 2. The lowest BCUT2D eigenvalue weighted by atomic mass is 10.2. The number of benzene rings is 1. The lowest BCUT2D eigenvalue weighted by Crippen LogP contribution is -2.36. The number of hydrogen-bond donors (Lipinski definition) is 2. The molecule has 5 rings (SSSR count). The van der Waals surface area contributed by atoms with Crippen molar-refractivity contribution in [1.82, 2.24) is 19.7 Å². The number of hydrogen-bond acceptors (Lipinski definition) is 7. The second kappa shape index (κ2) is 8.88. The molecule has 1 saturated heterocycles. The Bertz CT molecular complexity index is 1210. The van der Waals surface area contributed by atoms with Crippen molar-refractivity contribution in [1.29, 1.82) is 0 Å². The number of amides is 1. The molecule has 2 aliphatic heterocycles. The summed E-state index contributed by atoms with van der Waals surface area (Å²) in [5.74, 6) is -0.0664. The summed E-state index contributed by atoms with van der Waals surface area (Å²) in [6.45, 7) is 3.94. The molecule has 11 heteroatoms. The van der Waals surface area contributed by atoms with E-state index in [-0.39, 0.29) is 18.5 Å². The third-order valence-corrected chi connectivity index (χ3v) is 6.17. The molecule has 1 fully saturated rings. The van der Waals surface area contributed by atoms with Crippen molar-refractivity contribution in [2.75, 3.05) is 40.6 Å². The Morgan fingerprint density at radius 1 is 1.21 bits per heavy atom. The first kappa shape index (κ1) is 22.1. The van der Waals surface area contributed by atoms with Crippen LogP contribution in [-0.4, -0.2) is 51.8 Å². The number of likely N-dealkylation sites (N-methyl/N-ethyl adjacent to an activating group) is 1. The molecular weight excluding hydrogens is 442 g/mol. The first-order valence-corrected chi connectivity index (χ1v) is 11.2. The second-order valence-corrected chi connectivity index (χ2v) is 8.78. The van der Waals surface area contributed by atoms with Crippen LogP contribution in [0.1, 0.15) is 24.1 Å². The minimum atomic E-state index is -0.568. The molecule has 3 aromatic rings. The predicted molar refractivity (Wildman–Crippen MR) is 125 cm³/mol. The van der Waals surface area contributed by atoms with Gasteiger partial charge in [-0.1, -0.05) is 0 Å². The maximum Gasteiger partial charge on any atom is 0.244 e. The van der Waals surface area contributed by atoms with Crippen molar-refractivity contribution in [3.63, 3.8) is 0 Å². The standard InChI is InChI=1S/C23H26F2N8O/c1-14-21-22(31(2)13-20(34)29-21)30-23(28-14)26-9-15-10-27-32(11-15)12-18-4-3-5-33(18)19-7-16(24)6-17(25)8-19/h6-8,10-11,18H,3-5,9,12-13H2,1-2H3,(H,29,34)(H,26,28,30). The molecule has 0 spiro atoms. The Labute approximate surface area is 195 Å². The van der Waals surface area contributed by atoms with E-state index in [0.717, 1.165) is 31.0 Å². The van der Waals surface area contributed by atoms with Crippen LogP contribution in [0.25, 0.3) is 0 Å². The maximum absolute atomic E-state index is 13.7. The number of anilines is 4. The van der Waals surface area contributed by atoms with E-state index in [9.17, 15) is 13.6 Å². The van der Waals surface area contributed by atoms with Gasteiger partial charge in [-0.3, -0.25) is 9.48 Å². The molecule has 0 saturated carbocycles. The summed E-state index contributed by atoms with van der Waals surface area (Å²) in [6, 6.07) is 3.76. The van der Waals surface area contributed by atoms with Gasteiger partial charge in [0.1, 0.15) is 17.3 Å². The highest BCUT2D eigenvalue weighted by Gasteiger charge is 2.26. The Kier molecular flexibility index (Phi) is 5.76. The summed E-state index contributed by atoms with van der Waals surface area (Å²) in [5.41, 5.74) is 2.85. The molecule has 0 bridgehead atoms. The van der Waals surface area contributed by atoms with E-state index in [1.807, 2.05) is 29.7 Å². The number of fused-ring (bicyclic) bond motifs is 1. The number of nitrogens with one attached hydrogen (secondary N) is 2. The van der Waals surface area contributed by atoms with Crippen LogP contribution in [-0.2, 0) is 17.9 Å². The third kappa shape index (κ3) is 4.50. The molecule has 2 aliphatic rings. The van der Waals surface area contributed by atoms with Gasteiger partial charge in [-0.2, -0.15) is 10.1 Å². The van der Waals surface area contributed by atoms with Gasteiger partial charge in [0.2, 0.25) is 11.9 Å². The molecule has 178 valence electrons. The zero-order valence-corrected chi connectivity index (χ0v) is 19.1. The van der Waals surface area contributed by atoms with E-state index >= 15 is 0 Å². The lowest BCUT2D eigenvalue weighted by Gasteiger charge is -2.27. The van der Waals surface area contributed by atoms with Crippen LogP contribution in [0.15, 0.2) is 30.6 Å². The minimum absolute atomic E-state index is 0.0850. The Morgan fingerprint density at radius 2 is 2.00 bits per heavy atom. The van der Waals surface area contributed by atoms with E-state index in [1.54, 1.807) is 11.1 Å². The quantitative estimate of drug-likeness (QED) is 0.575. The van der Waals surface area contributed by atoms with Crippen LogP contribution in [0.5, 0.6) is 0 Å². The zero-order valence-electron chi connectivity index (χ0n) is 19.1. The summed E-state index contributed by atoms with van der Waals surface area (Å²) in [6.07, 6.45) is 5.62. The van der Waals surface area contributed by atoms with E-state index in [2.05, 4.69) is 25.7 Å². The van der Waals surface area contributed by atoms with E-state index in [1.165, 1.54) is 12.1 Å². The van der Waals surface area contributed by atoms with Crippen LogP contribution in [0.2, 0.25) is 0 Å². The van der Waals surface area contributed by atoms with E-state index < -0.39 is 11.6 Å². The summed E-state index contributed by atoms with van der Waals surface area (Å²) in [5, 5.41) is 10.5. The summed E-state index contributed by atoms with van der Waals surface area (Å²) in [7, 11) is 1.82. The van der Waals surface area contributed by atoms with Gasteiger partial charge in [-0.05, 0) is 31.9 Å². The number of rotatable bonds is 6. The summed E-state index contributed by atoms with van der Waals surface area (Å²) >= 11 is 0. The van der Waals surface area contributed by atoms with Crippen LogP contribution >= 0.6 is 0 Å². The van der Waals surface area contributed by atoms with Crippen molar-refractivity contribution >= 4 is 29.0 Å². The molecule has 9 nitrogen and oxygen atoms in total. The first-order chi connectivity index (χ1) is 16.4. The van der Waals surface area contributed by atoms with E-state index in [0.29, 0.717) is 41.9 Å². The summed E-state index contributed by atoms with van der Waals surface area (Å²) < 4.78 is 29.3. The molecule has 0 radical (unpaired) electrons. The minimum Gasteiger partial charge on any atom is -0.367 e.